The van der Waals surface area contributed by atoms with Gasteiger partial charge in [-0.1, -0.05) is 19.0 Å². The molecule has 0 saturated carbocycles. The summed E-state index contributed by atoms with van der Waals surface area (Å²) in [6, 6.07) is 0.128. The summed E-state index contributed by atoms with van der Waals surface area (Å²) in [5.74, 6) is 0. The Labute approximate surface area is 109 Å². The summed E-state index contributed by atoms with van der Waals surface area (Å²) < 4.78 is 0. The van der Waals surface area contributed by atoms with E-state index in [0.717, 1.165) is 25.9 Å². The Balaban J connectivity index is 3.97. The van der Waals surface area contributed by atoms with Gasteiger partial charge in [0.25, 0.3) is 0 Å². The standard InChI is InChI=1S/C12H26N4O2/c1-5-11(9(3)15-17)13-7-8-14-12(6-2)10(4)16-18/h11-14,17-18H,5-8H2,1-4H3/p-1/b15-9+,16-10+. The number of rotatable bonds is 9. The zero-order valence-electron chi connectivity index (χ0n) is 11.7. The highest BCUT2D eigenvalue weighted by Crippen LogP contribution is 1.96. The van der Waals surface area contributed by atoms with Crippen molar-refractivity contribution in [3.8, 4) is 0 Å². The maximum atomic E-state index is 10.4. The molecule has 0 aromatic carbocycles. The summed E-state index contributed by atoms with van der Waals surface area (Å²) in [5.41, 5.74) is 1.26. The smallest absolute Gasteiger partial charge is 0.0708 e. The van der Waals surface area contributed by atoms with Gasteiger partial charge in [-0.15, -0.1) is 0 Å². The van der Waals surface area contributed by atoms with Gasteiger partial charge >= 0.3 is 0 Å². The summed E-state index contributed by atoms with van der Waals surface area (Å²) in [6.07, 6.45) is 1.71. The van der Waals surface area contributed by atoms with Crippen LogP contribution < -0.4 is 10.6 Å². The number of hydrogen-bond donors (Lipinski definition) is 3. The fraction of sp³-hybridized carbons (Fsp3) is 0.833. The molecule has 6 heteroatoms. The molecule has 6 nitrogen and oxygen atoms in total. The van der Waals surface area contributed by atoms with E-state index in [1.807, 2.05) is 13.8 Å². The van der Waals surface area contributed by atoms with Crippen molar-refractivity contribution in [2.24, 2.45) is 10.3 Å². The van der Waals surface area contributed by atoms with Crippen molar-refractivity contribution in [2.45, 2.75) is 52.6 Å². The van der Waals surface area contributed by atoms with Gasteiger partial charge < -0.3 is 26.2 Å². The number of hydrogen-bond acceptors (Lipinski definition) is 6. The lowest BCUT2D eigenvalue weighted by molar-refractivity contribution is 0.314. The predicted molar refractivity (Wildman–Crippen MR) is 75.5 cm³/mol. The lowest BCUT2D eigenvalue weighted by Crippen LogP contribution is -2.43. The Kier molecular flexibility index (Phi) is 9.22. The Morgan fingerprint density at radius 1 is 1.06 bits per heavy atom. The van der Waals surface area contributed by atoms with Crippen molar-refractivity contribution < 1.29 is 5.21 Å². The normalized spacial score (nSPS) is 16.7. The van der Waals surface area contributed by atoms with Gasteiger partial charge in [0.05, 0.1) is 5.71 Å². The van der Waals surface area contributed by atoms with Crippen molar-refractivity contribution in [1.29, 1.82) is 0 Å². The second kappa shape index (κ2) is 9.85. The van der Waals surface area contributed by atoms with E-state index in [-0.39, 0.29) is 12.1 Å². The first-order valence-corrected chi connectivity index (χ1v) is 6.42. The Bertz CT molecular complexity index is 251. The molecule has 2 atom stereocenters. The van der Waals surface area contributed by atoms with Gasteiger partial charge in [-0.05, 0) is 26.7 Å². The Morgan fingerprint density at radius 2 is 1.50 bits per heavy atom. The van der Waals surface area contributed by atoms with Gasteiger partial charge in [-0.2, -0.15) is 0 Å². The number of nitrogens with one attached hydrogen (secondary N) is 2. The van der Waals surface area contributed by atoms with Gasteiger partial charge in [-0.25, -0.2) is 0 Å². The molecule has 0 fully saturated rings. The minimum Gasteiger partial charge on any atom is -0.792 e. The Morgan fingerprint density at radius 3 is 1.83 bits per heavy atom. The molecule has 3 N–H and O–H groups in total. The minimum atomic E-state index is 0.0389. The molecule has 0 bridgehead atoms. The SMILES string of the molecule is CCC(NCCNC(CC)/C(C)=N/O)/C(C)=N/[O-]. The van der Waals surface area contributed by atoms with E-state index in [4.69, 9.17) is 5.21 Å². The average molecular weight is 257 g/mol. The molecule has 0 aromatic rings. The van der Waals surface area contributed by atoms with E-state index in [1.165, 1.54) is 0 Å². The molecule has 18 heavy (non-hydrogen) atoms. The van der Waals surface area contributed by atoms with Crippen molar-refractivity contribution in [1.82, 2.24) is 10.6 Å². The van der Waals surface area contributed by atoms with Crippen LogP contribution in [-0.2, 0) is 0 Å². The summed E-state index contributed by atoms with van der Waals surface area (Å²) in [5, 5.41) is 31.9. The maximum Gasteiger partial charge on any atom is 0.0708 e. The van der Waals surface area contributed by atoms with Gasteiger partial charge in [0, 0.05) is 30.9 Å². The van der Waals surface area contributed by atoms with Crippen molar-refractivity contribution >= 4 is 11.4 Å². The molecule has 0 aliphatic rings. The molecule has 0 aliphatic heterocycles. The molecule has 0 rings (SSSR count). The topological polar surface area (TPSA) is 92.1 Å². The highest BCUT2D eigenvalue weighted by Gasteiger charge is 2.10. The van der Waals surface area contributed by atoms with Gasteiger partial charge in [0.2, 0.25) is 0 Å². The van der Waals surface area contributed by atoms with Crippen molar-refractivity contribution in [3.05, 3.63) is 5.21 Å². The van der Waals surface area contributed by atoms with E-state index in [0.29, 0.717) is 11.4 Å². The highest BCUT2D eigenvalue weighted by molar-refractivity contribution is 5.87. The third-order valence-corrected chi connectivity index (χ3v) is 3.03. The third-order valence-electron chi connectivity index (χ3n) is 3.03. The molecule has 0 aromatic heterocycles. The third kappa shape index (κ3) is 5.97. The number of nitrogens with zero attached hydrogens (tertiary/aromatic N) is 2. The molecule has 0 saturated heterocycles. The van der Waals surface area contributed by atoms with Crippen LogP contribution in [0.1, 0.15) is 40.5 Å². The van der Waals surface area contributed by atoms with Crippen molar-refractivity contribution in [2.75, 3.05) is 13.1 Å². The minimum absolute atomic E-state index is 0.0389. The summed E-state index contributed by atoms with van der Waals surface area (Å²) in [6.45, 7) is 9.05. The first-order valence-electron chi connectivity index (χ1n) is 6.42. The molecule has 106 valence electrons. The van der Waals surface area contributed by atoms with E-state index >= 15 is 0 Å². The van der Waals surface area contributed by atoms with Gasteiger partial charge in [0.1, 0.15) is 0 Å². The van der Waals surface area contributed by atoms with E-state index in [1.54, 1.807) is 13.8 Å². The summed E-state index contributed by atoms with van der Waals surface area (Å²) in [7, 11) is 0. The molecule has 0 radical (unpaired) electrons. The molecule has 0 amide bonds. The van der Waals surface area contributed by atoms with Crippen LogP contribution in [0.4, 0.5) is 0 Å². The quantitative estimate of drug-likeness (QED) is 0.253. The second-order valence-corrected chi connectivity index (χ2v) is 4.30. The van der Waals surface area contributed by atoms with E-state index in [2.05, 4.69) is 20.9 Å². The lowest BCUT2D eigenvalue weighted by atomic mass is 10.1. The largest absolute Gasteiger partial charge is 0.792 e. The molecule has 0 heterocycles. The second-order valence-electron chi connectivity index (χ2n) is 4.30. The van der Waals surface area contributed by atoms with Crippen LogP contribution in [0.2, 0.25) is 0 Å². The molecular formula is C12H25N4O2-. The van der Waals surface area contributed by atoms with Crippen LogP contribution >= 0.6 is 0 Å². The fourth-order valence-electron chi connectivity index (χ4n) is 1.80. The van der Waals surface area contributed by atoms with Crippen LogP contribution in [0.25, 0.3) is 0 Å². The van der Waals surface area contributed by atoms with Crippen LogP contribution in [-0.4, -0.2) is 41.8 Å². The summed E-state index contributed by atoms with van der Waals surface area (Å²) >= 11 is 0. The predicted octanol–water partition coefficient (Wildman–Crippen LogP) is 1.53. The number of oxime groups is 1. The fourth-order valence-corrected chi connectivity index (χ4v) is 1.80. The average Bonchev–Trinajstić information content (AvgIpc) is 2.41. The first-order chi connectivity index (χ1) is 8.60. The maximum absolute atomic E-state index is 10.4. The van der Waals surface area contributed by atoms with Crippen LogP contribution in [0.15, 0.2) is 10.3 Å². The first kappa shape index (κ1) is 16.9. The monoisotopic (exact) mass is 257 g/mol. The lowest BCUT2D eigenvalue weighted by Gasteiger charge is -2.20. The Hall–Kier alpha value is -1.14. The highest BCUT2D eigenvalue weighted by atomic mass is 16.4. The molecule has 0 spiro atoms. The zero-order valence-corrected chi connectivity index (χ0v) is 11.7. The molecule has 2 unspecified atom stereocenters. The zero-order chi connectivity index (χ0) is 14.0. The van der Waals surface area contributed by atoms with E-state index < -0.39 is 0 Å². The van der Waals surface area contributed by atoms with Crippen LogP contribution in [0.3, 0.4) is 0 Å². The van der Waals surface area contributed by atoms with Crippen LogP contribution in [0, 0.1) is 5.21 Å². The summed E-state index contributed by atoms with van der Waals surface area (Å²) in [4.78, 5) is 0. The van der Waals surface area contributed by atoms with E-state index in [9.17, 15) is 5.21 Å². The molecule has 0 aliphatic carbocycles. The van der Waals surface area contributed by atoms with Gasteiger partial charge in [0.15, 0.2) is 0 Å². The molecular weight excluding hydrogens is 232 g/mol. The van der Waals surface area contributed by atoms with Crippen LogP contribution in [0.5, 0.6) is 0 Å². The van der Waals surface area contributed by atoms with Crippen molar-refractivity contribution in [3.63, 3.8) is 0 Å². The van der Waals surface area contributed by atoms with Gasteiger partial charge in [-0.3, -0.25) is 0 Å².